The second-order valence-corrected chi connectivity index (χ2v) is 5.27. The third kappa shape index (κ3) is 3.81. The minimum absolute atomic E-state index is 0.371. The fraction of sp³-hybridized carbons (Fsp3) is 0.375. The number of morpholine rings is 1. The van der Waals surface area contributed by atoms with Crippen molar-refractivity contribution in [2.24, 2.45) is 0 Å². The van der Waals surface area contributed by atoms with Crippen molar-refractivity contribution in [1.82, 2.24) is 9.97 Å². The number of ether oxygens (including phenoxy) is 2. The number of anilines is 2. The van der Waals surface area contributed by atoms with E-state index in [1.165, 1.54) is 7.11 Å². The van der Waals surface area contributed by atoms with Crippen LogP contribution < -0.4 is 10.2 Å². The third-order valence-corrected chi connectivity index (χ3v) is 3.75. The average molecular weight is 316 g/mol. The van der Waals surface area contributed by atoms with E-state index >= 15 is 0 Å². The summed E-state index contributed by atoms with van der Waals surface area (Å²) in [7, 11) is 1.36. The van der Waals surface area contributed by atoms with Gasteiger partial charge in [-0.05, 0) is 23.8 Å². The number of H-pyrrole nitrogens is 1. The molecule has 1 fully saturated rings. The van der Waals surface area contributed by atoms with E-state index in [2.05, 4.69) is 31.0 Å². The summed E-state index contributed by atoms with van der Waals surface area (Å²) in [5, 5.41) is 3.23. The molecule has 7 heteroatoms. The van der Waals surface area contributed by atoms with Crippen molar-refractivity contribution in [2.45, 2.75) is 6.54 Å². The van der Waals surface area contributed by atoms with Gasteiger partial charge in [-0.3, -0.25) is 0 Å². The molecule has 3 rings (SSSR count). The maximum atomic E-state index is 11.4. The van der Waals surface area contributed by atoms with Crippen molar-refractivity contribution >= 4 is 17.5 Å². The van der Waals surface area contributed by atoms with Gasteiger partial charge in [0.05, 0.1) is 32.2 Å². The smallest absolute Gasteiger partial charge is 0.354 e. The lowest BCUT2D eigenvalue weighted by molar-refractivity contribution is 0.0595. The van der Waals surface area contributed by atoms with Crippen molar-refractivity contribution in [3.63, 3.8) is 0 Å². The fourth-order valence-electron chi connectivity index (χ4n) is 2.46. The second-order valence-electron chi connectivity index (χ2n) is 5.27. The molecule has 0 atom stereocenters. The van der Waals surface area contributed by atoms with Gasteiger partial charge in [-0.2, -0.15) is 0 Å². The molecule has 122 valence electrons. The van der Waals surface area contributed by atoms with E-state index < -0.39 is 0 Å². The molecule has 0 spiro atoms. The SMILES string of the molecule is COC(=O)c1cc(CNc2ccc(N3CCOCC3)cn2)c[nH]1. The Morgan fingerprint density at radius 3 is 2.96 bits per heavy atom. The first-order valence-corrected chi connectivity index (χ1v) is 7.54. The molecule has 1 saturated heterocycles. The Balaban J connectivity index is 1.56. The molecule has 0 unspecified atom stereocenters. The Bertz CT molecular complexity index is 648. The quantitative estimate of drug-likeness (QED) is 0.817. The maximum Gasteiger partial charge on any atom is 0.354 e. The summed E-state index contributed by atoms with van der Waals surface area (Å²) < 4.78 is 10.0. The van der Waals surface area contributed by atoms with E-state index in [1.807, 2.05) is 12.3 Å². The Morgan fingerprint density at radius 1 is 1.43 bits per heavy atom. The van der Waals surface area contributed by atoms with E-state index in [-0.39, 0.29) is 5.97 Å². The fourth-order valence-corrected chi connectivity index (χ4v) is 2.46. The van der Waals surface area contributed by atoms with Crippen LogP contribution in [0.15, 0.2) is 30.6 Å². The minimum atomic E-state index is -0.371. The van der Waals surface area contributed by atoms with Gasteiger partial charge in [-0.25, -0.2) is 9.78 Å². The number of hydrogen-bond donors (Lipinski definition) is 2. The molecular weight excluding hydrogens is 296 g/mol. The number of nitrogens with one attached hydrogen (secondary N) is 2. The van der Waals surface area contributed by atoms with Crippen LogP contribution in [-0.2, 0) is 16.0 Å². The Labute approximate surface area is 134 Å². The number of rotatable bonds is 5. The van der Waals surface area contributed by atoms with Crippen molar-refractivity contribution in [3.8, 4) is 0 Å². The average Bonchev–Trinajstić information content (AvgIpc) is 3.09. The lowest BCUT2D eigenvalue weighted by atomic mass is 10.3. The molecule has 0 aliphatic carbocycles. The zero-order valence-electron chi connectivity index (χ0n) is 13.0. The summed E-state index contributed by atoms with van der Waals surface area (Å²) >= 11 is 0. The van der Waals surface area contributed by atoms with E-state index in [1.54, 1.807) is 12.3 Å². The summed E-state index contributed by atoms with van der Waals surface area (Å²) in [6.45, 7) is 3.89. The number of aromatic nitrogens is 2. The Hall–Kier alpha value is -2.54. The molecule has 2 N–H and O–H groups in total. The number of esters is 1. The summed E-state index contributed by atoms with van der Waals surface area (Å²) in [5.41, 5.74) is 2.51. The van der Waals surface area contributed by atoms with Crippen LogP contribution in [0.3, 0.4) is 0 Å². The molecule has 0 amide bonds. The van der Waals surface area contributed by atoms with Gasteiger partial charge in [0.15, 0.2) is 0 Å². The normalized spacial score (nSPS) is 14.6. The minimum Gasteiger partial charge on any atom is -0.464 e. The highest BCUT2D eigenvalue weighted by Gasteiger charge is 2.11. The molecule has 0 bridgehead atoms. The first-order chi connectivity index (χ1) is 11.3. The highest BCUT2D eigenvalue weighted by atomic mass is 16.5. The van der Waals surface area contributed by atoms with Crippen LogP contribution in [0, 0.1) is 0 Å². The molecule has 0 aromatic carbocycles. The van der Waals surface area contributed by atoms with Crippen LogP contribution >= 0.6 is 0 Å². The van der Waals surface area contributed by atoms with E-state index in [0.29, 0.717) is 12.2 Å². The Kier molecular flexibility index (Phi) is 4.77. The van der Waals surface area contributed by atoms with Gasteiger partial charge < -0.3 is 24.7 Å². The summed E-state index contributed by atoms with van der Waals surface area (Å²) in [6, 6.07) is 5.78. The third-order valence-electron chi connectivity index (χ3n) is 3.75. The topological polar surface area (TPSA) is 79.5 Å². The number of pyridine rings is 1. The predicted molar refractivity (Wildman–Crippen MR) is 86.7 cm³/mol. The van der Waals surface area contributed by atoms with Gasteiger partial charge in [0.25, 0.3) is 0 Å². The van der Waals surface area contributed by atoms with Crippen molar-refractivity contribution in [1.29, 1.82) is 0 Å². The first-order valence-electron chi connectivity index (χ1n) is 7.54. The number of hydrogen-bond acceptors (Lipinski definition) is 6. The van der Waals surface area contributed by atoms with Gasteiger partial charge in [-0.1, -0.05) is 0 Å². The number of carbonyl (C=O) groups is 1. The summed E-state index contributed by atoms with van der Waals surface area (Å²) in [5.74, 6) is 0.423. The second kappa shape index (κ2) is 7.15. The highest BCUT2D eigenvalue weighted by Crippen LogP contribution is 2.17. The standard InChI is InChI=1S/C16H20N4O3/c1-22-16(21)14-8-12(9-17-14)10-18-15-3-2-13(11-19-15)20-4-6-23-7-5-20/h2-3,8-9,11,17H,4-7,10H2,1H3,(H,18,19). The maximum absolute atomic E-state index is 11.4. The summed E-state index contributed by atoms with van der Waals surface area (Å²) in [4.78, 5) is 21.0. The largest absolute Gasteiger partial charge is 0.464 e. The molecule has 23 heavy (non-hydrogen) atoms. The lowest BCUT2D eigenvalue weighted by Crippen LogP contribution is -2.36. The molecule has 1 aliphatic heterocycles. The van der Waals surface area contributed by atoms with Crippen LogP contribution in [0.2, 0.25) is 0 Å². The first kappa shape index (κ1) is 15.4. The lowest BCUT2D eigenvalue weighted by Gasteiger charge is -2.28. The van der Waals surface area contributed by atoms with Gasteiger partial charge >= 0.3 is 5.97 Å². The number of aromatic amines is 1. The van der Waals surface area contributed by atoms with E-state index in [9.17, 15) is 4.79 Å². The van der Waals surface area contributed by atoms with E-state index in [0.717, 1.165) is 43.4 Å². The van der Waals surface area contributed by atoms with Crippen molar-refractivity contribution < 1.29 is 14.3 Å². The monoisotopic (exact) mass is 316 g/mol. The molecule has 2 aromatic heterocycles. The highest BCUT2D eigenvalue weighted by molar-refractivity contribution is 5.87. The molecule has 0 radical (unpaired) electrons. The summed E-state index contributed by atoms with van der Waals surface area (Å²) in [6.07, 6.45) is 3.64. The number of carbonyl (C=O) groups excluding carboxylic acids is 1. The van der Waals surface area contributed by atoms with Gasteiger partial charge in [0, 0.05) is 25.8 Å². The number of methoxy groups -OCH3 is 1. The van der Waals surface area contributed by atoms with Gasteiger partial charge in [-0.15, -0.1) is 0 Å². The van der Waals surface area contributed by atoms with Crippen LogP contribution in [0.4, 0.5) is 11.5 Å². The zero-order valence-corrected chi connectivity index (χ0v) is 13.0. The van der Waals surface area contributed by atoms with Gasteiger partial charge in [0.1, 0.15) is 11.5 Å². The molecular formula is C16H20N4O3. The molecule has 2 aromatic rings. The van der Waals surface area contributed by atoms with Crippen LogP contribution in [0.1, 0.15) is 16.1 Å². The molecule has 1 aliphatic rings. The molecule has 7 nitrogen and oxygen atoms in total. The molecule has 0 saturated carbocycles. The van der Waals surface area contributed by atoms with Gasteiger partial charge in [0.2, 0.25) is 0 Å². The van der Waals surface area contributed by atoms with Crippen molar-refractivity contribution in [2.75, 3.05) is 43.6 Å². The van der Waals surface area contributed by atoms with Crippen LogP contribution in [-0.4, -0.2) is 49.4 Å². The van der Waals surface area contributed by atoms with E-state index in [4.69, 9.17) is 4.74 Å². The van der Waals surface area contributed by atoms with Crippen LogP contribution in [0.25, 0.3) is 0 Å². The predicted octanol–water partition coefficient (Wildman–Crippen LogP) is 1.64. The van der Waals surface area contributed by atoms with Crippen LogP contribution in [0.5, 0.6) is 0 Å². The Morgan fingerprint density at radius 2 is 2.26 bits per heavy atom. The van der Waals surface area contributed by atoms with Crippen molar-refractivity contribution in [3.05, 3.63) is 41.9 Å². The molecule has 3 heterocycles. The zero-order chi connectivity index (χ0) is 16.1. The number of nitrogens with zero attached hydrogens (tertiary/aromatic N) is 2.